The van der Waals surface area contributed by atoms with Gasteiger partial charge in [-0.1, -0.05) is 36.9 Å². The van der Waals surface area contributed by atoms with Crippen LogP contribution in [0.3, 0.4) is 0 Å². The average Bonchev–Trinajstić information content (AvgIpc) is 2.67. The Bertz CT molecular complexity index is 312. The van der Waals surface area contributed by atoms with E-state index in [1.54, 1.807) is 23.1 Å². The van der Waals surface area contributed by atoms with Crippen LogP contribution in [0.1, 0.15) is 13.8 Å². The fourth-order valence-electron chi connectivity index (χ4n) is 1.08. The SMILES string of the molecule is CC(C)C(CS)CSc1nnc(N(C)C)s1. The van der Waals surface area contributed by atoms with Crippen LogP contribution in [-0.4, -0.2) is 35.8 Å². The van der Waals surface area contributed by atoms with Crippen LogP contribution in [0.2, 0.25) is 0 Å². The van der Waals surface area contributed by atoms with Gasteiger partial charge in [0.05, 0.1) is 0 Å². The molecule has 0 amide bonds. The Morgan fingerprint density at radius 1 is 1.38 bits per heavy atom. The Balaban J connectivity index is 2.47. The highest BCUT2D eigenvalue weighted by molar-refractivity contribution is 8.01. The third kappa shape index (κ3) is 4.14. The number of thioether (sulfide) groups is 1. The summed E-state index contributed by atoms with van der Waals surface area (Å²) in [4.78, 5) is 1.99. The van der Waals surface area contributed by atoms with Crippen LogP contribution in [-0.2, 0) is 0 Å². The monoisotopic (exact) mass is 277 g/mol. The molecule has 0 fully saturated rings. The van der Waals surface area contributed by atoms with Gasteiger partial charge in [-0.25, -0.2) is 0 Å². The van der Waals surface area contributed by atoms with Gasteiger partial charge >= 0.3 is 0 Å². The number of rotatable bonds is 6. The summed E-state index contributed by atoms with van der Waals surface area (Å²) in [6, 6.07) is 0. The summed E-state index contributed by atoms with van der Waals surface area (Å²) in [6.07, 6.45) is 0. The van der Waals surface area contributed by atoms with Crippen LogP contribution < -0.4 is 4.90 Å². The molecule has 0 saturated heterocycles. The lowest BCUT2D eigenvalue weighted by Gasteiger charge is -2.16. The number of aromatic nitrogens is 2. The predicted molar refractivity (Wildman–Crippen MR) is 77.1 cm³/mol. The molecule has 0 aliphatic heterocycles. The molecule has 16 heavy (non-hydrogen) atoms. The van der Waals surface area contributed by atoms with Crippen LogP contribution in [0, 0.1) is 11.8 Å². The Labute approximate surface area is 111 Å². The second kappa shape index (κ2) is 6.71. The van der Waals surface area contributed by atoms with E-state index in [1.165, 1.54) is 0 Å². The van der Waals surface area contributed by atoms with Gasteiger partial charge in [0, 0.05) is 19.8 Å². The van der Waals surface area contributed by atoms with Crippen molar-refractivity contribution in [2.24, 2.45) is 11.8 Å². The van der Waals surface area contributed by atoms with Crippen LogP contribution in [0.25, 0.3) is 0 Å². The largest absolute Gasteiger partial charge is 0.353 e. The molecule has 1 atom stereocenters. The molecule has 0 saturated carbocycles. The highest BCUT2D eigenvalue weighted by Gasteiger charge is 2.14. The first-order valence-electron chi connectivity index (χ1n) is 5.29. The van der Waals surface area contributed by atoms with E-state index < -0.39 is 0 Å². The number of anilines is 1. The van der Waals surface area contributed by atoms with Gasteiger partial charge in [0.1, 0.15) is 0 Å². The van der Waals surface area contributed by atoms with Crippen molar-refractivity contribution in [2.75, 3.05) is 30.5 Å². The molecule has 1 aromatic heterocycles. The average molecular weight is 277 g/mol. The normalized spacial score (nSPS) is 13.1. The number of nitrogens with zero attached hydrogens (tertiary/aromatic N) is 3. The van der Waals surface area contributed by atoms with E-state index in [1.807, 2.05) is 19.0 Å². The van der Waals surface area contributed by atoms with Gasteiger partial charge in [0.15, 0.2) is 4.34 Å². The number of thiol groups is 1. The van der Waals surface area contributed by atoms with Crippen LogP contribution in [0.5, 0.6) is 0 Å². The van der Waals surface area contributed by atoms with Crippen LogP contribution in [0.15, 0.2) is 4.34 Å². The van der Waals surface area contributed by atoms with E-state index in [9.17, 15) is 0 Å². The van der Waals surface area contributed by atoms with Gasteiger partial charge in [0.2, 0.25) is 5.13 Å². The molecule has 3 nitrogen and oxygen atoms in total. The molecular formula is C10H19N3S3. The van der Waals surface area contributed by atoms with Gasteiger partial charge in [-0.05, 0) is 17.6 Å². The maximum absolute atomic E-state index is 4.39. The first kappa shape index (κ1) is 14.1. The maximum Gasteiger partial charge on any atom is 0.208 e. The Kier molecular flexibility index (Phi) is 5.92. The lowest BCUT2D eigenvalue weighted by molar-refractivity contribution is 0.473. The zero-order valence-electron chi connectivity index (χ0n) is 10.2. The fraction of sp³-hybridized carbons (Fsp3) is 0.800. The first-order valence-corrected chi connectivity index (χ1v) is 7.72. The predicted octanol–water partition coefficient (Wildman–Crippen LogP) is 2.90. The van der Waals surface area contributed by atoms with Gasteiger partial charge < -0.3 is 4.90 Å². The summed E-state index contributed by atoms with van der Waals surface area (Å²) >= 11 is 7.82. The molecule has 1 rings (SSSR count). The van der Waals surface area contributed by atoms with Gasteiger partial charge in [-0.15, -0.1) is 10.2 Å². The van der Waals surface area contributed by atoms with E-state index in [0.29, 0.717) is 11.8 Å². The quantitative estimate of drug-likeness (QED) is 0.639. The molecule has 0 aliphatic carbocycles. The van der Waals surface area contributed by atoms with Crippen molar-refractivity contribution in [1.29, 1.82) is 0 Å². The zero-order valence-corrected chi connectivity index (χ0v) is 12.7. The second-order valence-corrected chi connectivity index (χ2v) is 6.83. The molecule has 0 aliphatic rings. The molecule has 1 aromatic rings. The van der Waals surface area contributed by atoms with Gasteiger partial charge in [0.25, 0.3) is 0 Å². The highest BCUT2D eigenvalue weighted by atomic mass is 32.2. The smallest absolute Gasteiger partial charge is 0.208 e. The van der Waals surface area contributed by atoms with E-state index >= 15 is 0 Å². The molecule has 0 aromatic carbocycles. The van der Waals surface area contributed by atoms with E-state index in [-0.39, 0.29) is 0 Å². The summed E-state index contributed by atoms with van der Waals surface area (Å²) in [5, 5.41) is 9.25. The third-order valence-electron chi connectivity index (χ3n) is 2.38. The van der Waals surface area contributed by atoms with Crippen molar-refractivity contribution in [3.05, 3.63) is 0 Å². The van der Waals surface area contributed by atoms with Crippen molar-refractivity contribution in [1.82, 2.24) is 10.2 Å². The molecule has 0 bridgehead atoms. The zero-order chi connectivity index (χ0) is 12.1. The summed E-state index contributed by atoms with van der Waals surface area (Å²) in [5.74, 6) is 3.32. The Morgan fingerprint density at radius 3 is 2.50 bits per heavy atom. The highest BCUT2D eigenvalue weighted by Crippen LogP contribution is 2.30. The maximum atomic E-state index is 4.39. The van der Waals surface area contributed by atoms with E-state index in [4.69, 9.17) is 0 Å². The van der Waals surface area contributed by atoms with Gasteiger partial charge in [-0.2, -0.15) is 12.6 Å². The van der Waals surface area contributed by atoms with Crippen molar-refractivity contribution >= 4 is 40.9 Å². The second-order valence-electron chi connectivity index (χ2n) is 4.24. The molecule has 1 heterocycles. The lowest BCUT2D eigenvalue weighted by Crippen LogP contribution is -2.13. The molecule has 0 N–H and O–H groups in total. The van der Waals surface area contributed by atoms with E-state index in [2.05, 4.69) is 36.7 Å². The van der Waals surface area contributed by atoms with Crippen molar-refractivity contribution in [2.45, 2.75) is 18.2 Å². The molecule has 1 unspecified atom stereocenters. The minimum Gasteiger partial charge on any atom is -0.353 e. The molecule has 0 spiro atoms. The lowest BCUT2D eigenvalue weighted by atomic mass is 10.0. The fourth-order valence-corrected chi connectivity index (χ4v) is 3.92. The van der Waals surface area contributed by atoms with Crippen molar-refractivity contribution in [3.8, 4) is 0 Å². The third-order valence-corrected chi connectivity index (χ3v) is 5.26. The summed E-state index contributed by atoms with van der Waals surface area (Å²) in [6.45, 7) is 4.49. The number of hydrogen-bond acceptors (Lipinski definition) is 6. The van der Waals surface area contributed by atoms with Gasteiger partial charge in [-0.3, -0.25) is 0 Å². The molecular weight excluding hydrogens is 258 g/mol. The van der Waals surface area contributed by atoms with Crippen LogP contribution in [0.4, 0.5) is 5.13 Å². The van der Waals surface area contributed by atoms with Crippen molar-refractivity contribution < 1.29 is 0 Å². The summed E-state index contributed by atoms with van der Waals surface area (Å²) in [5.41, 5.74) is 0. The minimum absolute atomic E-state index is 0.639. The summed E-state index contributed by atoms with van der Waals surface area (Å²) < 4.78 is 1.05. The molecule has 0 radical (unpaired) electrons. The van der Waals surface area contributed by atoms with Crippen LogP contribution >= 0.6 is 35.7 Å². The topological polar surface area (TPSA) is 29.0 Å². The number of hydrogen-bond donors (Lipinski definition) is 1. The minimum atomic E-state index is 0.639. The first-order chi connectivity index (χ1) is 7.54. The summed E-state index contributed by atoms with van der Waals surface area (Å²) in [7, 11) is 3.97. The van der Waals surface area contributed by atoms with Crippen molar-refractivity contribution in [3.63, 3.8) is 0 Å². The Morgan fingerprint density at radius 2 is 2.06 bits per heavy atom. The molecule has 6 heteroatoms. The van der Waals surface area contributed by atoms with E-state index in [0.717, 1.165) is 21.0 Å². The Hall–Kier alpha value is 0.0600. The standard InChI is InChI=1S/C10H19N3S3/c1-7(2)8(5-14)6-15-10-12-11-9(16-10)13(3)4/h7-8,14H,5-6H2,1-4H3. The molecule has 92 valence electrons.